The Hall–Kier alpha value is -2.94. The van der Waals surface area contributed by atoms with Gasteiger partial charge < -0.3 is 19.2 Å². The van der Waals surface area contributed by atoms with E-state index >= 15 is 0 Å². The lowest BCUT2D eigenvalue weighted by molar-refractivity contribution is 0.355. The molecule has 0 saturated heterocycles. The molecule has 0 spiro atoms. The van der Waals surface area contributed by atoms with E-state index in [1.807, 2.05) is 30.3 Å². The lowest BCUT2D eigenvalue weighted by atomic mass is 10.2. The zero-order chi connectivity index (χ0) is 16.2. The maximum atomic E-state index is 9.11. The fraction of sp³-hybridized carbons (Fsp3) is 0.294. The molecule has 23 heavy (non-hydrogen) atoms. The fourth-order valence-electron chi connectivity index (χ4n) is 2.12. The molecule has 0 aliphatic heterocycles. The van der Waals surface area contributed by atoms with Crippen LogP contribution < -0.4 is 14.8 Å². The van der Waals surface area contributed by atoms with Crippen LogP contribution in [0.1, 0.15) is 30.0 Å². The normalized spacial score (nSPS) is 13.8. The zero-order valence-electron chi connectivity index (χ0n) is 13.0. The van der Waals surface area contributed by atoms with Crippen LogP contribution in [0, 0.1) is 11.3 Å². The summed E-state index contributed by atoms with van der Waals surface area (Å²) >= 11 is 0. The molecule has 6 nitrogen and oxygen atoms in total. The van der Waals surface area contributed by atoms with Gasteiger partial charge in [-0.2, -0.15) is 10.2 Å². The molecule has 6 heteroatoms. The van der Waals surface area contributed by atoms with E-state index in [4.69, 9.17) is 19.2 Å². The highest BCUT2D eigenvalue weighted by atomic mass is 16.5. The number of hydrogen-bond donors (Lipinski definition) is 1. The first-order chi connectivity index (χ1) is 11.2. The molecule has 0 atom stereocenters. The Morgan fingerprint density at radius 1 is 1.26 bits per heavy atom. The van der Waals surface area contributed by atoms with E-state index < -0.39 is 0 Å². The quantitative estimate of drug-likeness (QED) is 0.881. The molecule has 0 unspecified atom stereocenters. The van der Waals surface area contributed by atoms with E-state index in [1.165, 1.54) is 0 Å². The average molecular weight is 311 g/mol. The lowest BCUT2D eigenvalue weighted by Crippen LogP contribution is -2.00. The number of hydrogen-bond acceptors (Lipinski definition) is 6. The van der Waals surface area contributed by atoms with Gasteiger partial charge in [0.05, 0.1) is 14.2 Å². The van der Waals surface area contributed by atoms with Crippen LogP contribution in [0.3, 0.4) is 0 Å². The van der Waals surface area contributed by atoms with Gasteiger partial charge in [-0.1, -0.05) is 6.07 Å². The molecule has 1 saturated carbocycles. The Bertz CT molecular complexity index is 770. The van der Waals surface area contributed by atoms with Crippen LogP contribution in [0.2, 0.25) is 0 Å². The molecule has 0 amide bonds. The largest absolute Gasteiger partial charge is 0.493 e. The second-order valence-corrected chi connectivity index (χ2v) is 5.21. The summed E-state index contributed by atoms with van der Waals surface area (Å²) in [6.07, 6.45) is 5.76. The number of nitrogens with zero attached hydrogens (tertiary/aromatic N) is 2. The van der Waals surface area contributed by atoms with Crippen molar-refractivity contribution < 1.29 is 13.9 Å². The van der Waals surface area contributed by atoms with Gasteiger partial charge >= 0.3 is 0 Å². The number of rotatable bonds is 6. The van der Waals surface area contributed by atoms with Gasteiger partial charge in [-0.05, 0) is 36.6 Å². The molecule has 118 valence electrons. The van der Waals surface area contributed by atoms with Gasteiger partial charge in [0.15, 0.2) is 11.5 Å². The fourth-order valence-corrected chi connectivity index (χ4v) is 2.12. The number of benzene rings is 1. The molecular formula is C17H17N3O3. The zero-order valence-corrected chi connectivity index (χ0v) is 13.0. The van der Waals surface area contributed by atoms with Crippen LogP contribution in [-0.4, -0.2) is 25.2 Å². The number of nitrogens with one attached hydrogen (secondary N) is 1. The van der Waals surface area contributed by atoms with Crippen molar-refractivity contribution in [2.24, 2.45) is 0 Å². The van der Waals surface area contributed by atoms with Crippen molar-refractivity contribution in [1.29, 1.82) is 5.26 Å². The van der Waals surface area contributed by atoms with Crippen LogP contribution in [0.5, 0.6) is 11.5 Å². The molecule has 3 rings (SSSR count). The molecule has 1 aromatic heterocycles. The molecule has 0 bridgehead atoms. The van der Waals surface area contributed by atoms with E-state index in [9.17, 15) is 0 Å². The molecule has 2 aromatic rings. The minimum absolute atomic E-state index is 0.281. The molecule has 1 aliphatic rings. The minimum atomic E-state index is 0.281. The Morgan fingerprint density at radius 3 is 2.70 bits per heavy atom. The molecule has 1 aromatic carbocycles. The minimum Gasteiger partial charge on any atom is -0.493 e. The molecule has 1 N–H and O–H groups in total. The number of nitriles is 1. The monoisotopic (exact) mass is 311 g/mol. The van der Waals surface area contributed by atoms with Crippen molar-refractivity contribution in [2.75, 3.05) is 19.5 Å². The predicted molar refractivity (Wildman–Crippen MR) is 86.3 cm³/mol. The van der Waals surface area contributed by atoms with Crippen molar-refractivity contribution in [2.45, 2.75) is 18.9 Å². The van der Waals surface area contributed by atoms with E-state index in [2.05, 4.69) is 10.3 Å². The number of oxazole rings is 1. The van der Waals surface area contributed by atoms with Crippen molar-refractivity contribution in [3.05, 3.63) is 35.3 Å². The molecule has 0 radical (unpaired) electrons. The van der Waals surface area contributed by atoms with E-state index in [1.54, 1.807) is 20.3 Å². The summed E-state index contributed by atoms with van der Waals surface area (Å²) in [5.41, 5.74) is 1.19. The smallest absolute Gasteiger partial charge is 0.232 e. The maximum absolute atomic E-state index is 9.11. The first kappa shape index (κ1) is 15.0. The molecular weight excluding hydrogens is 294 g/mol. The van der Waals surface area contributed by atoms with E-state index in [0.717, 1.165) is 18.4 Å². The number of aromatic nitrogens is 1. The third kappa shape index (κ3) is 3.46. The van der Waals surface area contributed by atoms with E-state index in [-0.39, 0.29) is 5.69 Å². The van der Waals surface area contributed by atoms with Crippen molar-refractivity contribution in [3.63, 3.8) is 0 Å². The SMILES string of the molecule is COc1ccc(C=Cc2nc(C#N)c(NC3CC3)o2)cc1OC. The van der Waals surface area contributed by atoms with Crippen LogP contribution in [0.25, 0.3) is 12.2 Å². The summed E-state index contributed by atoms with van der Waals surface area (Å²) in [7, 11) is 3.19. The molecule has 1 aliphatic carbocycles. The standard InChI is InChI=1S/C17H17N3O3/c1-21-14-7-3-11(9-15(14)22-2)4-8-16-20-13(10-18)17(23-16)19-12-5-6-12/h3-4,7-9,12,19H,5-6H2,1-2H3. The van der Waals surface area contributed by atoms with Gasteiger partial charge in [0.2, 0.25) is 17.5 Å². The summed E-state index contributed by atoms with van der Waals surface area (Å²) in [6.45, 7) is 0. The van der Waals surface area contributed by atoms with Crippen LogP contribution in [-0.2, 0) is 0 Å². The maximum Gasteiger partial charge on any atom is 0.232 e. The van der Waals surface area contributed by atoms with Crippen molar-refractivity contribution in [3.8, 4) is 17.6 Å². The first-order valence-corrected chi connectivity index (χ1v) is 7.31. The molecule has 1 fully saturated rings. The summed E-state index contributed by atoms with van der Waals surface area (Å²) in [6, 6.07) is 8.02. The highest BCUT2D eigenvalue weighted by Gasteiger charge is 2.24. The van der Waals surface area contributed by atoms with Gasteiger partial charge in [-0.25, -0.2) is 0 Å². The Morgan fingerprint density at radius 2 is 2.04 bits per heavy atom. The first-order valence-electron chi connectivity index (χ1n) is 7.31. The Labute approximate surface area is 134 Å². The number of ether oxygens (including phenoxy) is 2. The summed E-state index contributed by atoms with van der Waals surface area (Å²) in [5, 5.41) is 12.3. The number of anilines is 1. The second kappa shape index (κ2) is 6.44. The summed E-state index contributed by atoms with van der Waals surface area (Å²) < 4.78 is 16.1. The Balaban J connectivity index is 1.79. The third-order valence-electron chi connectivity index (χ3n) is 3.49. The second-order valence-electron chi connectivity index (χ2n) is 5.21. The van der Waals surface area contributed by atoms with Gasteiger partial charge in [-0.3, -0.25) is 0 Å². The summed E-state index contributed by atoms with van der Waals surface area (Å²) in [4.78, 5) is 4.17. The lowest BCUT2D eigenvalue weighted by Gasteiger charge is -2.07. The van der Waals surface area contributed by atoms with Crippen molar-refractivity contribution >= 4 is 18.0 Å². The highest BCUT2D eigenvalue weighted by molar-refractivity contribution is 5.69. The van der Waals surface area contributed by atoms with E-state index in [0.29, 0.717) is 29.3 Å². The number of methoxy groups -OCH3 is 2. The molecule has 1 heterocycles. The van der Waals surface area contributed by atoms with Gasteiger partial charge in [0, 0.05) is 12.1 Å². The predicted octanol–water partition coefficient (Wildman–Crippen LogP) is 3.31. The van der Waals surface area contributed by atoms with Gasteiger partial charge in [0.25, 0.3) is 0 Å². The van der Waals surface area contributed by atoms with Gasteiger partial charge in [0.1, 0.15) is 6.07 Å². The Kier molecular flexibility index (Phi) is 4.20. The van der Waals surface area contributed by atoms with Crippen LogP contribution in [0.15, 0.2) is 22.6 Å². The average Bonchev–Trinajstić information content (AvgIpc) is 3.31. The highest BCUT2D eigenvalue weighted by Crippen LogP contribution is 2.29. The summed E-state index contributed by atoms with van der Waals surface area (Å²) in [5.74, 6) is 2.15. The van der Waals surface area contributed by atoms with Gasteiger partial charge in [-0.15, -0.1) is 0 Å². The third-order valence-corrected chi connectivity index (χ3v) is 3.49. The van der Waals surface area contributed by atoms with Crippen LogP contribution in [0.4, 0.5) is 5.88 Å². The van der Waals surface area contributed by atoms with Crippen LogP contribution >= 0.6 is 0 Å². The van der Waals surface area contributed by atoms with Crippen molar-refractivity contribution in [1.82, 2.24) is 4.98 Å². The topological polar surface area (TPSA) is 80.3 Å².